The van der Waals surface area contributed by atoms with Gasteiger partial charge in [0, 0.05) is 6.42 Å². The molecule has 4 saturated carbocycles. The smallest absolute Gasteiger partial charge is 0.303 e. The van der Waals surface area contributed by atoms with E-state index >= 15 is 0 Å². The molecule has 2 N–H and O–H groups in total. The van der Waals surface area contributed by atoms with E-state index < -0.39 is 5.97 Å². The molecule has 0 heterocycles. The molecule has 0 saturated heterocycles. The maximum Gasteiger partial charge on any atom is 0.303 e. The lowest BCUT2D eigenvalue weighted by atomic mass is 9.43. The van der Waals surface area contributed by atoms with Crippen LogP contribution in [0.3, 0.4) is 0 Å². The Morgan fingerprint density at radius 1 is 1.04 bits per heavy atom. The van der Waals surface area contributed by atoms with Crippen molar-refractivity contribution >= 4 is 5.97 Å². The van der Waals surface area contributed by atoms with Gasteiger partial charge in [-0.25, -0.2) is 0 Å². The Bertz CT molecular complexity index is 603. The van der Waals surface area contributed by atoms with Gasteiger partial charge in [-0.1, -0.05) is 34.1 Å². The van der Waals surface area contributed by atoms with Gasteiger partial charge in [0.05, 0.1) is 6.10 Å². The number of hydrogen-bond acceptors (Lipinski definition) is 2. The quantitative estimate of drug-likeness (QED) is 0.642. The van der Waals surface area contributed by atoms with E-state index in [1.165, 1.54) is 44.9 Å². The van der Waals surface area contributed by atoms with Crippen LogP contribution in [-0.4, -0.2) is 22.3 Å². The number of aliphatic hydroxyl groups excluding tert-OH is 1. The Morgan fingerprint density at radius 3 is 2.43 bits per heavy atom. The summed E-state index contributed by atoms with van der Waals surface area (Å²) in [5.41, 5.74) is 0.732. The van der Waals surface area contributed by atoms with Crippen molar-refractivity contribution in [2.75, 3.05) is 0 Å². The van der Waals surface area contributed by atoms with Gasteiger partial charge in [0.25, 0.3) is 0 Å². The molecule has 4 fully saturated rings. The first-order valence-electron chi connectivity index (χ1n) is 12.1. The fraction of sp³-hybridized carbons (Fsp3) is 0.960. The third kappa shape index (κ3) is 3.15. The van der Waals surface area contributed by atoms with E-state index in [0.717, 1.165) is 18.8 Å². The highest BCUT2D eigenvalue weighted by molar-refractivity contribution is 5.66. The predicted octanol–water partition coefficient (Wildman–Crippen LogP) is 5.75. The van der Waals surface area contributed by atoms with Crippen LogP contribution in [0.4, 0.5) is 0 Å². The third-order valence-corrected chi connectivity index (χ3v) is 10.5. The summed E-state index contributed by atoms with van der Waals surface area (Å²) in [5, 5.41) is 20.4. The molecule has 4 unspecified atom stereocenters. The maximum absolute atomic E-state index is 11.3. The average molecular weight is 391 g/mol. The molecular formula is C25H42O3. The molecular weight excluding hydrogens is 348 g/mol. The Balaban J connectivity index is 1.55. The minimum atomic E-state index is -0.663. The van der Waals surface area contributed by atoms with Crippen LogP contribution in [-0.2, 0) is 4.79 Å². The molecule has 4 rings (SSSR count). The van der Waals surface area contributed by atoms with Crippen molar-refractivity contribution in [3.05, 3.63) is 0 Å². The highest BCUT2D eigenvalue weighted by Crippen LogP contribution is 2.68. The number of carbonyl (C=O) groups is 1. The van der Waals surface area contributed by atoms with Crippen molar-refractivity contribution in [3.8, 4) is 0 Å². The van der Waals surface area contributed by atoms with Gasteiger partial charge in [-0.2, -0.15) is 0 Å². The molecule has 0 bridgehead atoms. The van der Waals surface area contributed by atoms with E-state index in [2.05, 4.69) is 27.7 Å². The fourth-order valence-corrected chi connectivity index (χ4v) is 8.96. The van der Waals surface area contributed by atoms with E-state index in [0.29, 0.717) is 52.8 Å². The first kappa shape index (κ1) is 20.7. The molecule has 10 atom stereocenters. The lowest BCUT2D eigenvalue weighted by Crippen LogP contribution is -2.58. The highest BCUT2D eigenvalue weighted by atomic mass is 16.4. The van der Waals surface area contributed by atoms with Crippen molar-refractivity contribution in [2.24, 2.45) is 52.3 Å². The second kappa shape index (κ2) is 7.29. The van der Waals surface area contributed by atoms with Crippen LogP contribution >= 0.6 is 0 Å². The van der Waals surface area contributed by atoms with Crippen LogP contribution in [0.1, 0.15) is 91.9 Å². The topological polar surface area (TPSA) is 57.5 Å². The van der Waals surface area contributed by atoms with Gasteiger partial charge in [0.15, 0.2) is 0 Å². The van der Waals surface area contributed by atoms with E-state index in [1.807, 2.05) is 0 Å². The standard InChI is InChI=1S/C25H42O3/c1-15-9-11-24(3)17(13-15)14-21(26)23-19-7-6-18(16(2)5-8-22(27)28)25(19,4)12-10-20(23)24/h15-21,23,26H,5-14H2,1-4H3,(H,27,28)/t15-,16-,17+,18?,19+,20+,21-,23?,24?,25?/m1/s1. The number of carboxylic acids is 1. The summed E-state index contributed by atoms with van der Waals surface area (Å²) in [5.74, 6) is 3.78. The largest absolute Gasteiger partial charge is 0.481 e. The number of rotatable bonds is 4. The first-order valence-corrected chi connectivity index (χ1v) is 12.1. The minimum Gasteiger partial charge on any atom is -0.481 e. The monoisotopic (exact) mass is 390 g/mol. The number of hydrogen-bond donors (Lipinski definition) is 2. The molecule has 0 spiro atoms. The summed E-state index contributed by atoms with van der Waals surface area (Å²) in [4.78, 5) is 11.1. The number of fused-ring (bicyclic) bond motifs is 5. The van der Waals surface area contributed by atoms with E-state index in [-0.39, 0.29) is 6.10 Å². The molecule has 4 aliphatic rings. The van der Waals surface area contributed by atoms with Crippen LogP contribution in [0.2, 0.25) is 0 Å². The van der Waals surface area contributed by atoms with Crippen molar-refractivity contribution < 1.29 is 15.0 Å². The molecule has 0 amide bonds. The number of aliphatic carboxylic acids is 1. The van der Waals surface area contributed by atoms with E-state index in [9.17, 15) is 9.90 Å². The van der Waals surface area contributed by atoms with Gasteiger partial charge < -0.3 is 10.2 Å². The van der Waals surface area contributed by atoms with E-state index in [4.69, 9.17) is 5.11 Å². The molecule has 0 aromatic heterocycles. The van der Waals surface area contributed by atoms with Crippen LogP contribution in [0.15, 0.2) is 0 Å². The first-order chi connectivity index (χ1) is 13.2. The van der Waals surface area contributed by atoms with Crippen LogP contribution in [0, 0.1) is 52.3 Å². The van der Waals surface area contributed by atoms with Crippen molar-refractivity contribution in [1.29, 1.82) is 0 Å². The normalized spacial score (nSPS) is 51.7. The summed E-state index contributed by atoms with van der Waals surface area (Å²) in [7, 11) is 0. The average Bonchev–Trinajstić information content (AvgIpc) is 2.98. The van der Waals surface area contributed by atoms with E-state index in [1.54, 1.807) is 0 Å². The molecule has 4 aliphatic carbocycles. The van der Waals surface area contributed by atoms with Gasteiger partial charge in [-0.15, -0.1) is 0 Å². The summed E-state index contributed by atoms with van der Waals surface area (Å²) in [6.45, 7) is 9.74. The minimum absolute atomic E-state index is 0.119. The van der Waals surface area contributed by atoms with Gasteiger partial charge in [-0.05, 0) is 104 Å². The molecule has 0 aromatic rings. The van der Waals surface area contributed by atoms with Gasteiger partial charge >= 0.3 is 5.97 Å². The van der Waals surface area contributed by atoms with Gasteiger partial charge in [-0.3, -0.25) is 4.79 Å². The van der Waals surface area contributed by atoms with Crippen LogP contribution < -0.4 is 0 Å². The second-order valence-electron chi connectivity index (χ2n) is 11.8. The zero-order valence-electron chi connectivity index (χ0n) is 18.5. The highest BCUT2D eigenvalue weighted by Gasteiger charge is 2.62. The summed E-state index contributed by atoms with van der Waals surface area (Å²) in [6.07, 6.45) is 11.1. The predicted molar refractivity (Wildman–Crippen MR) is 112 cm³/mol. The van der Waals surface area contributed by atoms with Crippen molar-refractivity contribution in [2.45, 2.75) is 98.0 Å². The van der Waals surface area contributed by atoms with Crippen molar-refractivity contribution in [1.82, 2.24) is 0 Å². The molecule has 28 heavy (non-hydrogen) atoms. The number of carboxylic acid groups (broad SMARTS) is 1. The molecule has 0 radical (unpaired) electrons. The fourth-order valence-electron chi connectivity index (χ4n) is 8.96. The molecule has 0 aliphatic heterocycles. The third-order valence-electron chi connectivity index (χ3n) is 10.5. The Labute approximate surface area is 171 Å². The molecule has 3 heteroatoms. The zero-order valence-corrected chi connectivity index (χ0v) is 18.5. The zero-order chi connectivity index (χ0) is 20.3. The summed E-state index contributed by atoms with van der Waals surface area (Å²) >= 11 is 0. The Morgan fingerprint density at radius 2 is 1.71 bits per heavy atom. The second-order valence-corrected chi connectivity index (χ2v) is 11.8. The van der Waals surface area contributed by atoms with Crippen LogP contribution in [0.5, 0.6) is 0 Å². The summed E-state index contributed by atoms with van der Waals surface area (Å²) in [6, 6.07) is 0. The van der Waals surface area contributed by atoms with Gasteiger partial charge in [0.2, 0.25) is 0 Å². The van der Waals surface area contributed by atoms with Crippen LogP contribution in [0.25, 0.3) is 0 Å². The lowest BCUT2D eigenvalue weighted by molar-refractivity contribution is -0.168. The number of aliphatic hydroxyl groups is 1. The Hall–Kier alpha value is -0.570. The van der Waals surface area contributed by atoms with Crippen molar-refractivity contribution in [3.63, 3.8) is 0 Å². The maximum atomic E-state index is 11.3. The molecule has 160 valence electrons. The van der Waals surface area contributed by atoms with Gasteiger partial charge in [0.1, 0.15) is 0 Å². The Kier molecular flexibility index (Phi) is 5.39. The molecule has 0 aromatic carbocycles. The molecule has 3 nitrogen and oxygen atoms in total. The summed E-state index contributed by atoms with van der Waals surface area (Å²) < 4.78 is 0. The lowest BCUT2D eigenvalue weighted by Gasteiger charge is -2.62. The SMILES string of the molecule is C[C@@H]1CCC2(C)[C@@H](C1)C[C@@H](O)C1[C@@H]3CCC([C@H](C)CCC(=O)O)C3(C)CC[C@@H]12.